The lowest BCUT2D eigenvalue weighted by Gasteiger charge is -2.19. The van der Waals surface area contributed by atoms with Crippen LogP contribution in [0.25, 0.3) is 0 Å². The van der Waals surface area contributed by atoms with Crippen molar-refractivity contribution in [1.29, 1.82) is 0 Å². The van der Waals surface area contributed by atoms with Crippen LogP contribution in [0.1, 0.15) is 30.4 Å². The zero-order valence-electron chi connectivity index (χ0n) is 13.7. The molecule has 0 saturated heterocycles. The van der Waals surface area contributed by atoms with Crippen molar-refractivity contribution in [2.45, 2.75) is 25.3 Å². The Labute approximate surface area is 142 Å². The molecule has 0 bridgehead atoms. The lowest BCUT2D eigenvalue weighted by Crippen LogP contribution is -2.47. The van der Waals surface area contributed by atoms with E-state index in [1.165, 1.54) is 11.1 Å². The summed E-state index contributed by atoms with van der Waals surface area (Å²) in [6, 6.07) is 19.1. The Hall–Kier alpha value is -2.82. The van der Waals surface area contributed by atoms with E-state index in [4.69, 9.17) is 5.73 Å². The fourth-order valence-corrected chi connectivity index (χ4v) is 2.67. The highest BCUT2D eigenvalue weighted by molar-refractivity contribution is 5.86. The van der Waals surface area contributed by atoms with Crippen LogP contribution < -0.4 is 16.4 Å². The summed E-state index contributed by atoms with van der Waals surface area (Å²) in [5, 5.41) is 5.22. The van der Waals surface area contributed by atoms with Crippen molar-refractivity contribution in [1.82, 2.24) is 10.6 Å². The number of carbonyl (C=O) groups is 2. The highest BCUT2D eigenvalue weighted by atomic mass is 16.2. The van der Waals surface area contributed by atoms with Crippen LogP contribution in [-0.4, -0.2) is 24.5 Å². The Morgan fingerprint density at radius 3 is 1.92 bits per heavy atom. The van der Waals surface area contributed by atoms with Gasteiger partial charge in [-0.3, -0.25) is 4.79 Å². The minimum atomic E-state index is -0.705. The molecule has 3 amide bonds. The van der Waals surface area contributed by atoms with Gasteiger partial charge in [0.05, 0.1) is 0 Å². The van der Waals surface area contributed by atoms with E-state index in [-0.39, 0.29) is 11.8 Å². The summed E-state index contributed by atoms with van der Waals surface area (Å²) >= 11 is 0. The monoisotopic (exact) mass is 325 g/mol. The van der Waals surface area contributed by atoms with Gasteiger partial charge in [-0.05, 0) is 24.5 Å². The first kappa shape index (κ1) is 17.5. The second-order valence-electron chi connectivity index (χ2n) is 5.68. The maximum absolute atomic E-state index is 12.0. The first-order valence-electron chi connectivity index (χ1n) is 8.01. The molecule has 5 nitrogen and oxygen atoms in total. The van der Waals surface area contributed by atoms with Gasteiger partial charge in [0.1, 0.15) is 6.04 Å². The summed E-state index contributed by atoms with van der Waals surface area (Å²) < 4.78 is 0. The van der Waals surface area contributed by atoms with Gasteiger partial charge in [0.15, 0.2) is 0 Å². The van der Waals surface area contributed by atoms with E-state index < -0.39 is 12.1 Å². The molecule has 2 aromatic carbocycles. The molecule has 0 unspecified atom stereocenters. The molecule has 4 N–H and O–H groups in total. The smallest absolute Gasteiger partial charge is 0.312 e. The predicted octanol–water partition coefficient (Wildman–Crippen LogP) is 2.38. The number of nitrogens with one attached hydrogen (secondary N) is 2. The molecule has 2 rings (SSSR count). The third kappa shape index (κ3) is 5.12. The second-order valence-corrected chi connectivity index (χ2v) is 5.68. The highest BCUT2D eigenvalue weighted by Crippen LogP contribution is 2.27. The SMILES string of the molecule is C[C@@H](NC(N)=O)C(=O)NCCC(c1ccccc1)c1ccccc1. The molecule has 1 atom stereocenters. The summed E-state index contributed by atoms with van der Waals surface area (Å²) in [6.07, 6.45) is 0.767. The van der Waals surface area contributed by atoms with Crippen LogP contribution in [0, 0.1) is 0 Å². The van der Waals surface area contributed by atoms with Crippen molar-refractivity contribution in [3.05, 3.63) is 71.8 Å². The van der Waals surface area contributed by atoms with E-state index in [0.717, 1.165) is 6.42 Å². The zero-order chi connectivity index (χ0) is 17.4. The van der Waals surface area contributed by atoms with Crippen molar-refractivity contribution in [2.24, 2.45) is 5.73 Å². The summed E-state index contributed by atoms with van der Waals surface area (Å²) in [5.41, 5.74) is 7.45. The zero-order valence-corrected chi connectivity index (χ0v) is 13.7. The number of primary amides is 1. The molecule has 0 fully saturated rings. The van der Waals surface area contributed by atoms with Gasteiger partial charge in [-0.1, -0.05) is 60.7 Å². The Morgan fingerprint density at radius 2 is 1.46 bits per heavy atom. The minimum Gasteiger partial charge on any atom is -0.354 e. The second kappa shape index (κ2) is 8.72. The fraction of sp³-hybridized carbons (Fsp3) is 0.263. The third-order valence-corrected chi connectivity index (χ3v) is 3.89. The minimum absolute atomic E-state index is 0.201. The Kier molecular flexibility index (Phi) is 6.37. The quantitative estimate of drug-likeness (QED) is 0.730. The number of nitrogens with two attached hydrogens (primary N) is 1. The van der Waals surface area contributed by atoms with Gasteiger partial charge in [-0.2, -0.15) is 0 Å². The van der Waals surface area contributed by atoms with Gasteiger partial charge in [0, 0.05) is 12.5 Å². The highest BCUT2D eigenvalue weighted by Gasteiger charge is 2.16. The lowest BCUT2D eigenvalue weighted by atomic mass is 9.88. The largest absolute Gasteiger partial charge is 0.354 e. The normalized spacial score (nSPS) is 11.8. The molecular formula is C19H23N3O2. The van der Waals surface area contributed by atoms with E-state index >= 15 is 0 Å². The van der Waals surface area contributed by atoms with Gasteiger partial charge in [-0.25, -0.2) is 4.79 Å². The average Bonchev–Trinajstić information content (AvgIpc) is 2.59. The molecule has 0 aliphatic rings. The fourth-order valence-electron chi connectivity index (χ4n) is 2.67. The molecule has 0 saturated carbocycles. The van der Waals surface area contributed by atoms with E-state index in [9.17, 15) is 9.59 Å². The first-order chi connectivity index (χ1) is 11.6. The van der Waals surface area contributed by atoms with Crippen molar-refractivity contribution >= 4 is 11.9 Å². The lowest BCUT2D eigenvalue weighted by molar-refractivity contribution is -0.122. The molecular weight excluding hydrogens is 302 g/mol. The van der Waals surface area contributed by atoms with Gasteiger partial charge in [0.2, 0.25) is 5.91 Å². The molecule has 24 heavy (non-hydrogen) atoms. The van der Waals surface area contributed by atoms with Gasteiger partial charge in [0.25, 0.3) is 0 Å². The summed E-state index contributed by atoms with van der Waals surface area (Å²) in [6.45, 7) is 2.12. The molecule has 5 heteroatoms. The molecule has 0 aliphatic heterocycles. The van der Waals surface area contributed by atoms with Gasteiger partial charge < -0.3 is 16.4 Å². The van der Waals surface area contributed by atoms with E-state index in [1.807, 2.05) is 36.4 Å². The van der Waals surface area contributed by atoms with E-state index in [1.54, 1.807) is 6.92 Å². The van der Waals surface area contributed by atoms with E-state index in [2.05, 4.69) is 34.9 Å². The summed E-state index contributed by atoms with van der Waals surface area (Å²) in [7, 11) is 0. The van der Waals surface area contributed by atoms with Crippen LogP contribution in [0.15, 0.2) is 60.7 Å². The number of amides is 3. The van der Waals surface area contributed by atoms with Crippen LogP contribution in [0.2, 0.25) is 0 Å². The summed E-state index contributed by atoms with van der Waals surface area (Å²) in [5.74, 6) is -0.0409. The van der Waals surface area contributed by atoms with Crippen LogP contribution in [0.4, 0.5) is 4.79 Å². The topological polar surface area (TPSA) is 84.2 Å². The van der Waals surface area contributed by atoms with Gasteiger partial charge >= 0.3 is 6.03 Å². The number of benzene rings is 2. The van der Waals surface area contributed by atoms with E-state index in [0.29, 0.717) is 6.54 Å². The molecule has 0 aliphatic carbocycles. The Morgan fingerprint density at radius 1 is 0.958 bits per heavy atom. The Bertz CT molecular complexity index is 619. The maximum atomic E-state index is 12.0. The molecule has 0 heterocycles. The number of rotatable bonds is 7. The molecule has 0 spiro atoms. The third-order valence-electron chi connectivity index (χ3n) is 3.89. The Balaban J connectivity index is 2.00. The maximum Gasteiger partial charge on any atom is 0.312 e. The molecule has 2 aromatic rings. The summed E-state index contributed by atoms with van der Waals surface area (Å²) in [4.78, 5) is 22.7. The van der Waals surface area contributed by atoms with Gasteiger partial charge in [-0.15, -0.1) is 0 Å². The number of hydrogen-bond donors (Lipinski definition) is 3. The van der Waals surface area contributed by atoms with Crippen LogP contribution in [0.5, 0.6) is 0 Å². The standard InChI is InChI=1S/C19H23N3O2/c1-14(22-19(20)24)18(23)21-13-12-17(15-8-4-2-5-9-15)16-10-6-3-7-11-16/h2-11,14,17H,12-13H2,1H3,(H,21,23)(H3,20,22,24)/t14-/m1/s1. The number of urea groups is 1. The number of hydrogen-bond acceptors (Lipinski definition) is 2. The average molecular weight is 325 g/mol. The molecule has 126 valence electrons. The van der Waals surface area contributed by atoms with Crippen LogP contribution >= 0.6 is 0 Å². The number of carbonyl (C=O) groups excluding carboxylic acids is 2. The van der Waals surface area contributed by atoms with Crippen molar-refractivity contribution < 1.29 is 9.59 Å². The van der Waals surface area contributed by atoms with Crippen molar-refractivity contribution in [3.63, 3.8) is 0 Å². The molecule has 0 radical (unpaired) electrons. The first-order valence-corrected chi connectivity index (χ1v) is 8.01. The van der Waals surface area contributed by atoms with Crippen LogP contribution in [0.3, 0.4) is 0 Å². The van der Waals surface area contributed by atoms with Crippen molar-refractivity contribution in [3.8, 4) is 0 Å². The molecule has 0 aromatic heterocycles. The predicted molar refractivity (Wildman–Crippen MR) is 94.5 cm³/mol. The van der Waals surface area contributed by atoms with Crippen LogP contribution in [-0.2, 0) is 4.79 Å². The van der Waals surface area contributed by atoms with Crippen molar-refractivity contribution in [2.75, 3.05) is 6.54 Å².